The highest BCUT2D eigenvalue weighted by Crippen LogP contribution is 2.08. The smallest absolute Gasteiger partial charge is 0.410 e. The fourth-order valence-electron chi connectivity index (χ4n) is 2.09. The van der Waals surface area contributed by atoms with Crippen molar-refractivity contribution in [1.29, 1.82) is 0 Å². The summed E-state index contributed by atoms with van der Waals surface area (Å²) in [5, 5.41) is 3.20. The molecule has 1 aliphatic rings. The number of nitrogens with zero attached hydrogens (tertiary/aromatic N) is 2. The topological polar surface area (TPSA) is 54.5 Å². The molecule has 1 amide bonds. The van der Waals surface area contributed by atoms with Gasteiger partial charge in [-0.15, -0.1) is 0 Å². The van der Waals surface area contributed by atoms with E-state index in [1.54, 1.807) is 4.90 Å². The lowest BCUT2D eigenvalue weighted by Crippen LogP contribution is -2.46. The second-order valence-electron chi connectivity index (χ2n) is 4.55. The molecule has 0 aromatic carbocycles. The molecule has 0 bridgehead atoms. The maximum absolute atomic E-state index is 11.8. The van der Waals surface area contributed by atoms with E-state index in [0.717, 1.165) is 30.0 Å². The van der Waals surface area contributed by atoms with Gasteiger partial charge in [-0.2, -0.15) is 0 Å². The van der Waals surface area contributed by atoms with Crippen LogP contribution in [0.5, 0.6) is 0 Å². The Morgan fingerprint density at radius 2 is 1.94 bits per heavy atom. The van der Waals surface area contributed by atoms with Gasteiger partial charge in [-0.05, 0) is 31.5 Å². The zero-order valence-corrected chi connectivity index (χ0v) is 10.9. The number of aromatic nitrogens is 1. The molecule has 0 saturated carbocycles. The van der Waals surface area contributed by atoms with Gasteiger partial charge in [-0.1, -0.05) is 0 Å². The normalized spacial score (nSPS) is 15.6. The molecule has 1 aromatic rings. The van der Waals surface area contributed by atoms with Crippen molar-refractivity contribution in [2.45, 2.75) is 20.5 Å². The summed E-state index contributed by atoms with van der Waals surface area (Å²) in [6, 6.07) is 3.88. The monoisotopic (exact) mass is 249 g/mol. The molecular weight excluding hydrogens is 230 g/mol. The van der Waals surface area contributed by atoms with Crippen LogP contribution in [0.3, 0.4) is 0 Å². The summed E-state index contributed by atoms with van der Waals surface area (Å²) in [5.74, 6) is 0. The van der Waals surface area contributed by atoms with Crippen LogP contribution in [0.2, 0.25) is 0 Å². The zero-order valence-electron chi connectivity index (χ0n) is 10.9. The van der Waals surface area contributed by atoms with Gasteiger partial charge in [0.25, 0.3) is 0 Å². The van der Waals surface area contributed by atoms with Crippen molar-refractivity contribution < 1.29 is 9.53 Å². The third-order valence-electron chi connectivity index (χ3n) is 2.88. The molecule has 0 aliphatic carbocycles. The number of hydrogen-bond donors (Lipinski definition) is 1. The standard InChI is InChI=1S/C13H19N3O2/c1-10-7-12(8-11(2)15-10)9-18-13(17)16-5-3-14-4-6-16/h7-8,14H,3-6,9H2,1-2H3. The molecule has 5 heteroatoms. The largest absolute Gasteiger partial charge is 0.445 e. The maximum atomic E-state index is 11.8. The first-order chi connectivity index (χ1) is 8.65. The van der Waals surface area contributed by atoms with Gasteiger partial charge in [0, 0.05) is 37.6 Å². The van der Waals surface area contributed by atoms with E-state index in [4.69, 9.17) is 4.74 Å². The first kappa shape index (κ1) is 12.8. The molecule has 0 unspecified atom stereocenters. The molecule has 2 rings (SSSR count). The first-order valence-electron chi connectivity index (χ1n) is 6.22. The SMILES string of the molecule is Cc1cc(COC(=O)N2CCNCC2)cc(C)n1. The van der Waals surface area contributed by atoms with Gasteiger partial charge in [0.1, 0.15) is 6.61 Å². The lowest BCUT2D eigenvalue weighted by atomic mass is 10.2. The summed E-state index contributed by atoms with van der Waals surface area (Å²) in [6.45, 7) is 7.29. The van der Waals surface area contributed by atoms with Crippen LogP contribution in [-0.4, -0.2) is 42.2 Å². The number of carbonyl (C=O) groups is 1. The Hall–Kier alpha value is -1.62. The number of amides is 1. The van der Waals surface area contributed by atoms with E-state index in [-0.39, 0.29) is 6.09 Å². The molecule has 0 atom stereocenters. The molecule has 1 N–H and O–H groups in total. The highest BCUT2D eigenvalue weighted by atomic mass is 16.6. The molecule has 1 aromatic heterocycles. The van der Waals surface area contributed by atoms with E-state index in [9.17, 15) is 4.79 Å². The predicted octanol–water partition coefficient (Wildman–Crippen LogP) is 1.24. The van der Waals surface area contributed by atoms with Gasteiger partial charge in [-0.3, -0.25) is 4.98 Å². The van der Waals surface area contributed by atoms with Crippen LogP contribution >= 0.6 is 0 Å². The van der Waals surface area contributed by atoms with Crippen LogP contribution in [0.1, 0.15) is 17.0 Å². The number of piperazine rings is 1. The highest BCUT2D eigenvalue weighted by Gasteiger charge is 2.17. The Labute approximate surface area is 107 Å². The van der Waals surface area contributed by atoms with Crippen LogP contribution in [0, 0.1) is 13.8 Å². The van der Waals surface area contributed by atoms with E-state index in [0.29, 0.717) is 19.7 Å². The Morgan fingerprint density at radius 1 is 1.33 bits per heavy atom. The summed E-state index contributed by atoms with van der Waals surface area (Å²) < 4.78 is 5.31. The number of aryl methyl sites for hydroxylation is 2. The molecule has 98 valence electrons. The van der Waals surface area contributed by atoms with Crippen molar-refractivity contribution in [3.05, 3.63) is 29.1 Å². The van der Waals surface area contributed by atoms with E-state index >= 15 is 0 Å². The van der Waals surface area contributed by atoms with Gasteiger partial charge in [-0.25, -0.2) is 4.79 Å². The Bertz CT molecular complexity index is 408. The minimum atomic E-state index is -0.233. The summed E-state index contributed by atoms with van der Waals surface area (Å²) in [5.41, 5.74) is 2.88. The molecule has 2 heterocycles. The number of rotatable bonds is 2. The van der Waals surface area contributed by atoms with Crippen LogP contribution < -0.4 is 5.32 Å². The summed E-state index contributed by atoms with van der Waals surface area (Å²) >= 11 is 0. The van der Waals surface area contributed by atoms with Crippen molar-refractivity contribution >= 4 is 6.09 Å². The van der Waals surface area contributed by atoms with Crippen LogP contribution in [0.15, 0.2) is 12.1 Å². The molecule has 0 radical (unpaired) electrons. The highest BCUT2D eigenvalue weighted by molar-refractivity contribution is 5.67. The molecule has 18 heavy (non-hydrogen) atoms. The number of ether oxygens (including phenoxy) is 1. The summed E-state index contributed by atoms with van der Waals surface area (Å²) in [4.78, 5) is 17.8. The van der Waals surface area contributed by atoms with Crippen molar-refractivity contribution in [3.8, 4) is 0 Å². The lowest BCUT2D eigenvalue weighted by molar-refractivity contribution is 0.0918. The third-order valence-corrected chi connectivity index (χ3v) is 2.88. The number of carbonyl (C=O) groups excluding carboxylic acids is 1. The average Bonchev–Trinajstić information content (AvgIpc) is 2.36. The van der Waals surface area contributed by atoms with Crippen LogP contribution in [0.25, 0.3) is 0 Å². The van der Waals surface area contributed by atoms with E-state index in [1.165, 1.54) is 0 Å². The minimum absolute atomic E-state index is 0.233. The quantitative estimate of drug-likeness (QED) is 0.857. The Kier molecular flexibility index (Phi) is 4.15. The van der Waals surface area contributed by atoms with Crippen molar-refractivity contribution in [2.75, 3.05) is 26.2 Å². The lowest BCUT2D eigenvalue weighted by Gasteiger charge is -2.26. The number of hydrogen-bond acceptors (Lipinski definition) is 4. The second kappa shape index (κ2) is 5.82. The predicted molar refractivity (Wildman–Crippen MR) is 68.3 cm³/mol. The van der Waals surface area contributed by atoms with Crippen molar-refractivity contribution in [2.24, 2.45) is 0 Å². The summed E-state index contributed by atoms with van der Waals surface area (Å²) in [6.07, 6.45) is -0.233. The molecule has 5 nitrogen and oxygen atoms in total. The van der Waals surface area contributed by atoms with Gasteiger partial charge >= 0.3 is 6.09 Å². The first-order valence-corrected chi connectivity index (χ1v) is 6.22. The van der Waals surface area contributed by atoms with Gasteiger partial charge in [0.15, 0.2) is 0 Å². The number of nitrogens with one attached hydrogen (secondary N) is 1. The van der Waals surface area contributed by atoms with Crippen molar-refractivity contribution in [1.82, 2.24) is 15.2 Å². The summed E-state index contributed by atoms with van der Waals surface area (Å²) in [7, 11) is 0. The third kappa shape index (κ3) is 3.43. The fourth-order valence-corrected chi connectivity index (χ4v) is 2.09. The molecular formula is C13H19N3O2. The van der Waals surface area contributed by atoms with Gasteiger partial charge in [0.2, 0.25) is 0 Å². The van der Waals surface area contributed by atoms with Crippen molar-refractivity contribution in [3.63, 3.8) is 0 Å². The van der Waals surface area contributed by atoms with Crippen LogP contribution in [-0.2, 0) is 11.3 Å². The number of pyridine rings is 1. The average molecular weight is 249 g/mol. The van der Waals surface area contributed by atoms with E-state index in [2.05, 4.69) is 10.3 Å². The van der Waals surface area contributed by atoms with Gasteiger partial charge < -0.3 is 15.0 Å². The molecule has 0 spiro atoms. The Morgan fingerprint density at radius 3 is 2.56 bits per heavy atom. The maximum Gasteiger partial charge on any atom is 0.410 e. The second-order valence-corrected chi connectivity index (χ2v) is 4.55. The minimum Gasteiger partial charge on any atom is -0.445 e. The van der Waals surface area contributed by atoms with E-state index in [1.807, 2.05) is 26.0 Å². The molecule has 1 fully saturated rings. The Balaban J connectivity index is 1.88. The molecule has 1 saturated heterocycles. The zero-order chi connectivity index (χ0) is 13.0. The van der Waals surface area contributed by atoms with Gasteiger partial charge in [0.05, 0.1) is 0 Å². The fraction of sp³-hybridized carbons (Fsp3) is 0.538. The van der Waals surface area contributed by atoms with Crippen LogP contribution in [0.4, 0.5) is 4.79 Å². The van der Waals surface area contributed by atoms with E-state index < -0.39 is 0 Å². The molecule has 1 aliphatic heterocycles.